The van der Waals surface area contributed by atoms with Crippen molar-refractivity contribution in [3.05, 3.63) is 53.0 Å². The van der Waals surface area contributed by atoms with Crippen molar-refractivity contribution in [2.45, 2.75) is 31.7 Å². The summed E-state index contributed by atoms with van der Waals surface area (Å²) in [7, 11) is 0. The zero-order valence-corrected chi connectivity index (χ0v) is 18.3. The number of nitrogens with zero attached hydrogens (tertiary/aromatic N) is 3. The van der Waals surface area contributed by atoms with Crippen LogP contribution in [0.4, 0.5) is 0 Å². The third-order valence-corrected chi connectivity index (χ3v) is 5.10. The number of guanidine groups is 1. The van der Waals surface area contributed by atoms with E-state index in [0.717, 1.165) is 32.1 Å². The minimum absolute atomic E-state index is 0. The van der Waals surface area contributed by atoms with Crippen LogP contribution in [0.1, 0.15) is 25.3 Å². The quantitative estimate of drug-likeness (QED) is 0.335. The molecule has 136 valence electrons. The van der Waals surface area contributed by atoms with Crippen molar-refractivity contribution in [1.82, 2.24) is 20.2 Å². The average molecular weight is 518 g/mol. The molecule has 1 fully saturated rings. The minimum atomic E-state index is 0. The molecule has 2 aromatic rings. The Kier molecular flexibility index (Phi) is 7.74. The van der Waals surface area contributed by atoms with Crippen LogP contribution in [-0.4, -0.2) is 35.1 Å². The number of imidazole rings is 1. The van der Waals surface area contributed by atoms with Gasteiger partial charge in [-0.1, -0.05) is 34.1 Å². The van der Waals surface area contributed by atoms with Gasteiger partial charge in [0, 0.05) is 41.9 Å². The van der Waals surface area contributed by atoms with Crippen LogP contribution in [0, 0.1) is 0 Å². The lowest BCUT2D eigenvalue weighted by molar-refractivity contribution is 0.652. The van der Waals surface area contributed by atoms with Gasteiger partial charge in [-0.15, -0.1) is 24.0 Å². The van der Waals surface area contributed by atoms with Gasteiger partial charge in [0.25, 0.3) is 0 Å². The van der Waals surface area contributed by atoms with Crippen LogP contribution in [0.3, 0.4) is 0 Å². The number of benzene rings is 1. The molecule has 0 bridgehead atoms. The Balaban J connectivity index is 0.00000225. The van der Waals surface area contributed by atoms with Crippen molar-refractivity contribution in [2.24, 2.45) is 4.99 Å². The maximum atomic E-state index is 4.83. The first-order chi connectivity index (χ1) is 11.7. The molecule has 1 aliphatic rings. The second-order valence-electron chi connectivity index (χ2n) is 6.18. The number of hydrogen-bond donors (Lipinski definition) is 2. The van der Waals surface area contributed by atoms with Crippen molar-refractivity contribution in [1.29, 1.82) is 0 Å². The van der Waals surface area contributed by atoms with Crippen LogP contribution in [0.5, 0.6) is 0 Å². The van der Waals surface area contributed by atoms with Crippen molar-refractivity contribution < 1.29 is 0 Å². The average Bonchev–Trinajstić information content (AvgIpc) is 3.19. The second-order valence-corrected chi connectivity index (χ2v) is 7.04. The van der Waals surface area contributed by atoms with E-state index < -0.39 is 0 Å². The zero-order chi connectivity index (χ0) is 16.8. The van der Waals surface area contributed by atoms with Crippen molar-refractivity contribution in [2.75, 3.05) is 19.6 Å². The topological polar surface area (TPSA) is 54.2 Å². The van der Waals surface area contributed by atoms with E-state index in [0.29, 0.717) is 0 Å². The summed E-state index contributed by atoms with van der Waals surface area (Å²) in [5.74, 6) is 0.885. The first-order valence-corrected chi connectivity index (χ1v) is 9.26. The number of aromatic nitrogens is 2. The van der Waals surface area contributed by atoms with Gasteiger partial charge in [0.15, 0.2) is 5.96 Å². The molecule has 0 unspecified atom stereocenters. The SMILES string of the molecule is CCNC(=NCC1(c2ccccc2Br)CC1)NCCn1ccnc1.I. The largest absolute Gasteiger partial charge is 0.357 e. The molecule has 0 aliphatic heterocycles. The zero-order valence-electron chi connectivity index (χ0n) is 14.4. The van der Waals surface area contributed by atoms with E-state index in [1.54, 1.807) is 6.20 Å². The third-order valence-electron chi connectivity index (χ3n) is 4.40. The molecule has 1 saturated carbocycles. The molecule has 0 spiro atoms. The standard InChI is InChI=1S/C18H24BrN5.HI/c1-2-21-17(22-10-12-24-11-9-20-14-24)23-13-18(7-8-18)15-5-3-4-6-16(15)19;/h3-6,9,11,14H,2,7-8,10,12-13H2,1H3,(H2,21,22,23);1H. The Morgan fingerprint density at radius 3 is 2.76 bits per heavy atom. The van der Waals surface area contributed by atoms with E-state index in [9.17, 15) is 0 Å². The first-order valence-electron chi connectivity index (χ1n) is 8.46. The van der Waals surface area contributed by atoms with Gasteiger partial charge in [-0.05, 0) is 31.4 Å². The Labute approximate surface area is 174 Å². The maximum Gasteiger partial charge on any atom is 0.191 e. The highest BCUT2D eigenvalue weighted by Gasteiger charge is 2.45. The maximum absolute atomic E-state index is 4.83. The Morgan fingerprint density at radius 2 is 2.12 bits per heavy atom. The number of rotatable bonds is 7. The molecule has 5 nitrogen and oxygen atoms in total. The summed E-state index contributed by atoms with van der Waals surface area (Å²) in [5, 5.41) is 6.74. The van der Waals surface area contributed by atoms with Crippen molar-refractivity contribution in [3.63, 3.8) is 0 Å². The molecule has 0 saturated heterocycles. The molecule has 25 heavy (non-hydrogen) atoms. The summed E-state index contributed by atoms with van der Waals surface area (Å²) in [6.45, 7) is 5.46. The summed E-state index contributed by atoms with van der Waals surface area (Å²) in [4.78, 5) is 8.89. The predicted molar refractivity (Wildman–Crippen MR) is 117 cm³/mol. The molecule has 0 radical (unpaired) electrons. The molecule has 0 atom stereocenters. The molecule has 1 aliphatic carbocycles. The first kappa shape index (κ1) is 20.2. The van der Waals surface area contributed by atoms with E-state index in [4.69, 9.17) is 4.99 Å². The van der Waals surface area contributed by atoms with Gasteiger partial charge in [0.05, 0.1) is 12.9 Å². The summed E-state index contributed by atoms with van der Waals surface area (Å²) in [6, 6.07) is 8.51. The Bertz CT molecular complexity index is 683. The van der Waals surface area contributed by atoms with Crippen LogP contribution in [0.25, 0.3) is 0 Å². The van der Waals surface area contributed by atoms with Gasteiger partial charge in [-0.3, -0.25) is 4.99 Å². The van der Waals surface area contributed by atoms with Gasteiger partial charge in [0.1, 0.15) is 0 Å². The minimum Gasteiger partial charge on any atom is -0.357 e. The van der Waals surface area contributed by atoms with E-state index >= 15 is 0 Å². The van der Waals surface area contributed by atoms with Gasteiger partial charge in [-0.2, -0.15) is 0 Å². The summed E-state index contributed by atoms with van der Waals surface area (Å²) in [6.07, 6.45) is 8.00. The molecular weight excluding hydrogens is 493 g/mol. The van der Waals surface area contributed by atoms with Crippen LogP contribution in [-0.2, 0) is 12.0 Å². The lowest BCUT2D eigenvalue weighted by Gasteiger charge is -2.17. The van der Waals surface area contributed by atoms with Gasteiger partial charge in [-0.25, -0.2) is 4.98 Å². The third kappa shape index (κ3) is 5.44. The van der Waals surface area contributed by atoms with Gasteiger partial charge < -0.3 is 15.2 Å². The van der Waals surface area contributed by atoms with Crippen molar-refractivity contribution >= 4 is 45.9 Å². The highest BCUT2D eigenvalue weighted by Crippen LogP contribution is 2.50. The van der Waals surface area contributed by atoms with Crippen LogP contribution in [0.15, 0.2) is 52.5 Å². The molecule has 1 aromatic heterocycles. The van der Waals surface area contributed by atoms with Gasteiger partial charge >= 0.3 is 0 Å². The fraction of sp³-hybridized carbons (Fsp3) is 0.444. The smallest absolute Gasteiger partial charge is 0.191 e. The fourth-order valence-electron chi connectivity index (χ4n) is 2.85. The normalized spacial score (nSPS) is 15.4. The second kappa shape index (κ2) is 9.56. The summed E-state index contributed by atoms with van der Waals surface area (Å²) >= 11 is 3.69. The Morgan fingerprint density at radius 1 is 1.32 bits per heavy atom. The predicted octanol–water partition coefficient (Wildman–Crippen LogP) is 3.55. The number of halogens is 2. The summed E-state index contributed by atoms with van der Waals surface area (Å²) < 4.78 is 3.25. The molecule has 1 aromatic carbocycles. The molecule has 1 heterocycles. The Hall–Kier alpha value is -1.09. The van der Waals surface area contributed by atoms with Crippen LogP contribution in [0.2, 0.25) is 0 Å². The molecule has 0 amide bonds. The lowest BCUT2D eigenvalue weighted by Crippen LogP contribution is -2.39. The number of nitrogens with one attached hydrogen (secondary N) is 2. The lowest BCUT2D eigenvalue weighted by atomic mass is 9.96. The van der Waals surface area contributed by atoms with Crippen molar-refractivity contribution in [3.8, 4) is 0 Å². The number of aliphatic imine (C=N–C) groups is 1. The molecule has 7 heteroatoms. The highest BCUT2D eigenvalue weighted by molar-refractivity contribution is 14.0. The van der Waals surface area contributed by atoms with E-state index in [1.807, 2.05) is 12.5 Å². The molecular formula is C18H25BrIN5. The van der Waals surface area contributed by atoms with E-state index in [1.165, 1.54) is 22.9 Å². The number of hydrogen-bond acceptors (Lipinski definition) is 2. The van der Waals surface area contributed by atoms with E-state index in [2.05, 4.69) is 67.3 Å². The van der Waals surface area contributed by atoms with Crippen LogP contribution < -0.4 is 10.6 Å². The monoisotopic (exact) mass is 517 g/mol. The molecule has 2 N–H and O–H groups in total. The summed E-state index contributed by atoms with van der Waals surface area (Å²) in [5.41, 5.74) is 1.58. The van der Waals surface area contributed by atoms with Gasteiger partial charge in [0.2, 0.25) is 0 Å². The van der Waals surface area contributed by atoms with E-state index in [-0.39, 0.29) is 29.4 Å². The molecule has 3 rings (SSSR count). The highest BCUT2D eigenvalue weighted by atomic mass is 127. The van der Waals surface area contributed by atoms with Crippen LogP contribution >= 0.6 is 39.9 Å². The fourth-order valence-corrected chi connectivity index (χ4v) is 3.55.